The summed E-state index contributed by atoms with van der Waals surface area (Å²) >= 11 is 1.82. The summed E-state index contributed by atoms with van der Waals surface area (Å²) in [7, 11) is 0. The van der Waals surface area contributed by atoms with Crippen LogP contribution in [-0.4, -0.2) is 24.6 Å². The Balaban J connectivity index is 1.88. The van der Waals surface area contributed by atoms with Gasteiger partial charge in [-0.05, 0) is 45.7 Å². The number of hydrogen-bond acceptors (Lipinski definition) is 4. The fraction of sp³-hybridized carbons (Fsp3) is 0.769. The quantitative estimate of drug-likeness (QED) is 0.864. The summed E-state index contributed by atoms with van der Waals surface area (Å²) in [6.45, 7) is 12.2. The number of nitrogens with one attached hydrogen (secondary N) is 2. The van der Waals surface area contributed by atoms with Crippen molar-refractivity contribution in [3.8, 4) is 0 Å². The molecule has 1 aliphatic rings. The first-order valence-electron chi connectivity index (χ1n) is 6.46. The number of thiazole rings is 1. The second kappa shape index (κ2) is 5.46. The van der Waals surface area contributed by atoms with Gasteiger partial charge in [0.2, 0.25) is 0 Å². The Morgan fingerprint density at radius 2 is 2.24 bits per heavy atom. The van der Waals surface area contributed by atoms with Crippen LogP contribution in [0.25, 0.3) is 0 Å². The van der Waals surface area contributed by atoms with Gasteiger partial charge in [0.15, 0.2) is 0 Å². The van der Waals surface area contributed by atoms with Crippen LogP contribution in [0.5, 0.6) is 0 Å². The standard InChI is InChI=1S/C13H23N3S/c1-8-5-14-6-12(8)7-15-9(2)13-10(3)16-11(4)17-13/h8-9,12,14-15H,5-7H2,1-4H3/t8-,9?,12+/m1/s1. The van der Waals surface area contributed by atoms with Crippen LogP contribution in [0.1, 0.15) is 35.5 Å². The summed E-state index contributed by atoms with van der Waals surface area (Å²) in [5.74, 6) is 1.56. The van der Waals surface area contributed by atoms with Crippen molar-refractivity contribution in [2.75, 3.05) is 19.6 Å². The van der Waals surface area contributed by atoms with Gasteiger partial charge in [-0.2, -0.15) is 0 Å². The maximum atomic E-state index is 4.49. The second-order valence-electron chi connectivity index (χ2n) is 5.21. The first-order chi connectivity index (χ1) is 8.08. The molecule has 0 aliphatic carbocycles. The van der Waals surface area contributed by atoms with Crippen LogP contribution >= 0.6 is 11.3 Å². The summed E-state index contributed by atoms with van der Waals surface area (Å²) < 4.78 is 0. The topological polar surface area (TPSA) is 37.0 Å². The zero-order valence-electron chi connectivity index (χ0n) is 11.2. The van der Waals surface area contributed by atoms with Crippen molar-refractivity contribution < 1.29 is 0 Å². The molecule has 0 saturated carbocycles. The third-order valence-corrected chi connectivity index (χ3v) is 4.95. The minimum Gasteiger partial charge on any atom is -0.316 e. The van der Waals surface area contributed by atoms with Gasteiger partial charge in [0.1, 0.15) is 0 Å². The van der Waals surface area contributed by atoms with Gasteiger partial charge >= 0.3 is 0 Å². The van der Waals surface area contributed by atoms with E-state index in [0.717, 1.165) is 24.9 Å². The molecule has 0 aromatic carbocycles. The summed E-state index contributed by atoms with van der Waals surface area (Å²) in [5.41, 5.74) is 1.19. The largest absolute Gasteiger partial charge is 0.316 e. The molecule has 4 heteroatoms. The molecule has 96 valence electrons. The van der Waals surface area contributed by atoms with Crippen molar-refractivity contribution in [3.63, 3.8) is 0 Å². The van der Waals surface area contributed by atoms with Crippen molar-refractivity contribution in [2.24, 2.45) is 11.8 Å². The smallest absolute Gasteiger partial charge is 0.0900 e. The van der Waals surface area contributed by atoms with E-state index in [4.69, 9.17) is 0 Å². The van der Waals surface area contributed by atoms with Crippen molar-refractivity contribution in [3.05, 3.63) is 15.6 Å². The van der Waals surface area contributed by atoms with Crippen molar-refractivity contribution in [1.29, 1.82) is 0 Å². The summed E-state index contributed by atoms with van der Waals surface area (Å²) in [6, 6.07) is 0.425. The molecule has 2 rings (SSSR count). The van der Waals surface area contributed by atoms with E-state index in [1.54, 1.807) is 0 Å². The van der Waals surface area contributed by atoms with E-state index >= 15 is 0 Å². The van der Waals surface area contributed by atoms with Crippen LogP contribution in [0.2, 0.25) is 0 Å². The fourth-order valence-electron chi connectivity index (χ4n) is 2.51. The van der Waals surface area contributed by atoms with Gasteiger partial charge in [0, 0.05) is 17.5 Å². The normalized spacial score (nSPS) is 26.4. The average molecular weight is 253 g/mol. The minimum atomic E-state index is 0.425. The summed E-state index contributed by atoms with van der Waals surface area (Å²) in [5, 5.41) is 8.28. The second-order valence-corrected chi connectivity index (χ2v) is 6.44. The molecule has 1 unspecified atom stereocenters. The molecule has 1 aromatic heterocycles. The Kier molecular flexibility index (Phi) is 4.17. The first kappa shape index (κ1) is 13.0. The van der Waals surface area contributed by atoms with E-state index in [1.165, 1.54) is 22.1 Å². The van der Waals surface area contributed by atoms with Crippen LogP contribution in [0.3, 0.4) is 0 Å². The van der Waals surface area contributed by atoms with Gasteiger partial charge in [-0.25, -0.2) is 4.98 Å². The Labute approximate surface area is 108 Å². The number of nitrogens with zero attached hydrogens (tertiary/aromatic N) is 1. The summed E-state index contributed by atoms with van der Waals surface area (Å²) in [6.07, 6.45) is 0. The van der Waals surface area contributed by atoms with Crippen LogP contribution in [0, 0.1) is 25.7 Å². The molecule has 3 atom stereocenters. The van der Waals surface area contributed by atoms with E-state index in [1.807, 2.05) is 11.3 Å². The lowest BCUT2D eigenvalue weighted by Gasteiger charge is -2.19. The maximum Gasteiger partial charge on any atom is 0.0900 e. The van der Waals surface area contributed by atoms with E-state index < -0.39 is 0 Å². The Morgan fingerprint density at radius 3 is 2.76 bits per heavy atom. The minimum absolute atomic E-state index is 0.425. The molecule has 0 amide bonds. The number of aromatic nitrogens is 1. The fourth-order valence-corrected chi connectivity index (χ4v) is 3.46. The molecule has 17 heavy (non-hydrogen) atoms. The molecular weight excluding hydrogens is 230 g/mol. The van der Waals surface area contributed by atoms with Gasteiger partial charge in [-0.3, -0.25) is 0 Å². The van der Waals surface area contributed by atoms with Crippen LogP contribution in [0.4, 0.5) is 0 Å². The monoisotopic (exact) mass is 253 g/mol. The first-order valence-corrected chi connectivity index (χ1v) is 7.27. The van der Waals surface area contributed by atoms with Gasteiger partial charge in [-0.1, -0.05) is 6.92 Å². The van der Waals surface area contributed by atoms with E-state index in [2.05, 4.69) is 43.3 Å². The third-order valence-electron chi connectivity index (χ3n) is 3.70. The van der Waals surface area contributed by atoms with Gasteiger partial charge < -0.3 is 10.6 Å². The number of rotatable bonds is 4. The SMILES string of the molecule is Cc1nc(C)c(C(C)NC[C@@H]2CNC[C@H]2C)s1. The number of hydrogen-bond donors (Lipinski definition) is 2. The van der Waals surface area contributed by atoms with Crippen molar-refractivity contribution in [1.82, 2.24) is 15.6 Å². The highest BCUT2D eigenvalue weighted by Crippen LogP contribution is 2.25. The average Bonchev–Trinajstić information content (AvgIpc) is 2.81. The van der Waals surface area contributed by atoms with Gasteiger partial charge in [0.25, 0.3) is 0 Å². The van der Waals surface area contributed by atoms with Crippen molar-refractivity contribution in [2.45, 2.75) is 33.7 Å². The maximum absolute atomic E-state index is 4.49. The van der Waals surface area contributed by atoms with Crippen LogP contribution in [-0.2, 0) is 0 Å². The molecule has 1 saturated heterocycles. The molecule has 2 heterocycles. The molecule has 0 radical (unpaired) electrons. The highest BCUT2D eigenvalue weighted by molar-refractivity contribution is 7.11. The highest BCUT2D eigenvalue weighted by atomic mass is 32.1. The molecule has 0 bridgehead atoms. The van der Waals surface area contributed by atoms with Crippen LogP contribution < -0.4 is 10.6 Å². The predicted octanol–water partition coefficient (Wildman–Crippen LogP) is 2.27. The zero-order chi connectivity index (χ0) is 12.4. The molecule has 2 N–H and O–H groups in total. The Hall–Kier alpha value is -0.450. The lowest BCUT2D eigenvalue weighted by Crippen LogP contribution is -2.29. The predicted molar refractivity (Wildman–Crippen MR) is 73.5 cm³/mol. The molecule has 3 nitrogen and oxygen atoms in total. The lowest BCUT2D eigenvalue weighted by atomic mass is 9.98. The highest BCUT2D eigenvalue weighted by Gasteiger charge is 2.23. The molecule has 1 aliphatic heterocycles. The van der Waals surface area contributed by atoms with E-state index in [-0.39, 0.29) is 0 Å². The summed E-state index contributed by atoms with van der Waals surface area (Å²) in [4.78, 5) is 5.88. The molecule has 1 aromatic rings. The molecule has 1 fully saturated rings. The van der Waals surface area contributed by atoms with E-state index in [0.29, 0.717) is 6.04 Å². The van der Waals surface area contributed by atoms with Crippen molar-refractivity contribution >= 4 is 11.3 Å². The third kappa shape index (κ3) is 3.06. The van der Waals surface area contributed by atoms with Gasteiger partial charge in [0.05, 0.1) is 10.7 Å². The molecule has 0 spiro atoms. The zero-order valence-corrected chi connectivity index (χ0v) is 12.0. The molecular formula is C13H23N3S. The van der Waals surface area contributed by atoms with Crippen LogP contribution in [0.15, 0.2) is 0 Å². The lowest BCUT2D eigenvalue weighted by molar-refractivity contribution is 0.400. The Bertz CT molecular complexity index is 375. The number of aryl methyl sites for hydroxylation is 2. The van der Waals surface area contributed by atoms with E-state index in [9.17, 15) is 0 Å². The Morgan fingerprint density at radius 1 is 1.47 bits per heavy atom. The van der Waals surface area contributed by atoms with Gasteiger partial charge in [-0.15, -0.1) is 11.3 Å².